The van der Waals surface area contributed by atoms with E-state index >= 15 is 0 Å². The summed E-state index contributed by atoms with van der Waals surface area (Å²) in [6, 6.07) is 5.63. The number of benzene rings is 1. The van der Waals surface area contributed by atoms with Crippen LogP contribution in [0, 0.1) is 6.92 Å². The van der Waals surface area contributed by atoms with Crippen LogP contribution in [-0.2, 0) is 0 Å². The normalized spacial score (nSPS) is 10.1. The lowest BCUT2D eigenvalue weighted by atomic mass is 10.2. The number of hydrogen-bond donors (Lipinski definition) is 2. The van der Waals surface area contributed by atoms with Gasteiger partial charge >= 0.3 is 0 Å². The Morgan fingerprint density at radius 3 is 2.63 bits per heavy atom. The molecule has 0 aliphatic rings. The van der Waals surface area contributed by atoms with Gasteiger partial charge in [-0.15, -0.1) is 0 Å². The summed E-state index contributed by atoms with van der Waals surface area (Å²) in [6.07, 6.45) is 1.47. The Morgan fingerprint density at radius 1 is 1.21 bits per heavy atom. The van der Waals surface area contributed by atoms with Gasteiger partial charge in [0.2, 0.25) is 5.75 Å². The van der Waals surface area contributed by atoms with Crippen molar-refractivity contribution in [3.05, 3.63) is 35.1 Å². The van der Waals surface area contributed by atoms with Crippen molar-refractivity contribution in [3.63, 3.8) is 0 Å². The van der Waals surface area contributed by atoms with Gasteiger partial charge in [-0.3, -0.25) is 0 Å². The molecular formula is C13H15ClN4O. The minimum Gasteiger partial charge on any atom is -0.490 e. The highest BCUT2D eigenvalue weighted by Crippen LogP contribution is 2.32. The lowest BCUT2D eigenvalue weighted by Crippen LogP contribution is -2.03. The van der Waals surface area contributed by atoms with E-state index in [0.29, 0.717) is 22.4 Å². The first-order valence-electron chi connectivity index (χ1n) is 5.75. The van der Waals surface area contributed by atoms with Gasteiger partial charge in [0.05, 0.1) is 7.11 Å². The monoisotopic (exact) mass is 278 g/mol. The predicted molar refractivity (Wildman–Crippen MR) is 77.6 cm³/mol. The van der Waals surface area contributed by atoms with Gasteiger partial charge < -0.3 is 15.4 Å². The molecule has 0 unspecified atom stereocenters. The summed E-state index contributed by atoms with van der Waals surface area (Å²) in [7, 11) is 3.36. The maximum Gasteiger partial charge on any atom is 0.204 e. The molecule has 1 heterocycles. The third kappa shape index (κ3) is 2.88. The predicted octanol–water partition coefficient (Wildman–Crippen LogP) is 3.23. The fourth-order valence-electron chi connectivity index (χ4n) is 1.69. The van der Waals surface area contributed by atoms with Gasteiger partial charge in [-0.25, -0.2) is 9.97 Å². The summed E-state index contributed by atoms with van der Waals surface area (Å²) in [5, 5.41) is 6.83. The van der Waals surface area contributed by atoms with Crippen molar-refractivity contribution in [3.8, 4) is 5.75 Å². The Labute approximate surface area is 117 Å². The Morgan fingerprint density at radius 2 is 1.95 bits per heavy atom. The highest BCUT2D eigenvalue weighted by molar-refractivity contribution is 6.30. The van der Waals surface area contributed by atoms with Crippen LogP contribution in [-0.4, -0.2) is 24.1 Å². The molecule has 2 N–H and O–H groups in total. The second-order valence-corrected chi connectivity index (χ2v) is 4.37. The Kier molecular flexibility index (Phi) is 4.06. The fraction of sp³-hybridized carbons (Fsp3) is 0.231. The summed E-state index contributed by atoms with van der Waals surface area (Å²) < 4.78 is 5.33. The number of methoxy groups -OCH3 is 1. The number of nitrogens with one attached hydrogen (secondary N) is 2. The third-order valence-electron chi connectivity index (χ3n) is 2.70. The first kappa shape index (κ1) is 13.4. The third-order valence-corrected chi connectivity index (χ3v) is 2.93. The molecule has 6 heteroatoms. The summed E-state index contributed by atoms with van der Waals surface area (Å²) in [4.78, 5) is 8.29. The summed E-state index contributed by atoms with van der Waals surface area (Å²) >= 11 is 6.00. The van der Waals surface area contributed by atoms with E-state index in [1.807, 2.05) is 25.1 Å². The van der Waals surface area contributed by atoms with Crippen LogP contribution in [0.5, 0.6) is 5.75 Å². The van der Waals surface area contributed by atoms with E-state index in [2.05, 4.69) is 20.6 Å². The van der Waals surface area contributed by atoms with Crippen molar-refractivity contribution in [1.82, 2.24) is 9.97 Å². The van der Waals surface area contributed by atoms with E-state index in [9.17, 15) is 0 Å². The molecule has 2 rings (SSSR count). The molecule has 2 aromatic rings. The molecule has 0 amide bonds. The van der Waals surface area contributed by atoms with Gasteiger partial charge in [-0.1, -0.05) is 17.7 Å². The molecule has 5 nitrogen and oxygen atoms in total. The van der Waals surface area contributed by atoms with Crippen LogP contribution in [0.3, 0.4) is 0 Å². The zero-order valence-electron chi connectivity index (χ0n) is 11.0. The topological polar surface area (TPSA) is 59.1 Å². The Hall–Kier alpha value is -2.01. The number of rotatable bonds is 4. The molecule has 0 spiro atoms. The number of halogens is 1. The highest BCUT2D eigenvalue weighted by atomic mass is 35.5. The summed E-state index contributed by atoms with van der Waals surface area (Å²) in [6.45, 7) is 1.99. The minimum absolute atomic E-state index is 0.560. The molecule has 0 aliphatic carbocycles. The van der Waals surface area contributed by atoms with Gasteiger partial charge in [0, 0.05) is 17.8 Å². The van der Waals surface area contributed by atoms with Crippen LogP contribution >= 0.6 is 11.6 Å². The SMILES string of the molecule is CNc1ncnc(Nc2cc(Cl)ccc2C)c1OC. The number of aromatic nitrogens is 2. The van der Waals surface area contributed by atoms with Gasteiger partial charge in [-0.2, -0.15) is 0 Å². The van der Waals surface area contributed by atoms with Crippen LogP contribution in [0.2, 0.25) is 5.02 Å². The Bertz CT molecular complexity index is 589. The van der Waals surface area contributed by atoms with Crippen LogP contribution in [0.25, 0.3) is 0 Å². The zero-order chi connectivity index (χ0) is 13.8. The van der Waals surface area contributed by atoms with E-state index in [0.717, 1.165) is 11.3 Å². The first-order chi connectivity index (χ1) is 9.15. The van der Waals surface area contributed by atoms with Crippen LogP contribution < -0.4 is 15.4 Å². The van der Waals surface area contributed by atoms with Gasteiger partial charge in [0.15, 0.2) is 11.6 Å². The number of hydrogen-bond acceptors (Lipinski definition) is 5. The van der Waals surface area contributed by atoms with E-state index in [4.69, 9.17) is 16.3 Å². The molecule has 0 saturated carbocycles. The highest BCUT2D eigenvalue weighted by Gasteiger charge is 2.12. The molecule has 0 radical (unpaired) electrons. The molecule has 1 aromatic carbocycles. The van der Waals surface area contributed by atoms with Crippen LogP contribution in [0.15, 0.2) is 24.5 Å². The Balaban J connectivity index is 2.40. The first-order valence-corrected chi connectivity index (χ1v) is 6.13. The van der Waals surface area contributed by atoms with Crippen molar-refractivity contribution in [2.75, 3.05) is 24.8 Å². The lowest BCUT2D eigenvalue weighted by molar-refractivity contribution is 0.415. The van der Waals surface area contributed by atoms with Crippen molar-refractivity contribution in [2.24, 2.45) is 0 Å². The van der Waals surface area contributed by atoms with Gasteiger partial charge in [0.25, 0.3) is 0 Å². The van der Waals surface area contributed by atoms with Crippen molar-refractivity contribution in [1.29, 1.82) is 0 Å². The molecule has 0 atom stereocenters. The molecule has 0 aliphatic heterocycles. The number of anilines is 3. The van der Waals surface area contributed by atoms with Crippen molar-refractivity contribution < 1.29 is 4.74 Å². The van der Waals surface area contributed by atoms with E-state index in [1.54, 1.807) is 14.2 Å². The molecule has 0 bridgehead atoms. The maximum atomic E-state index is 6.00. The number of aryl methyl sites for hydroxylation is 1. The maximum absolute atomic E-state index is 6.00. The van der Waals surface area contributed by atoms with E-state index in [-0.39, 0.29) is 0 Å². The van der Waals surface area contributed by atoms with Crippen LogP contribution in [0.4, 0.5) is 17.3 Å². The van der Waals surface area contributed by atoms with Gasteiger partial charge in [-0.05, 0) is 24.6 Å². The van der Waals surface area contributed by atoms with E-state index in [1.165, 1.54) is 6.33 Å². The standard InChI is InChI=1S/C13H15ClN4O/c1-8-4-5-9(14)6-10(8)18-13-11(19-3)12(15-2)16-7-17-13/h4-7H,1-3H3,(H2,15,16,17,18). The average molecular weight is 279 g/mol. The largest absolute Gasteiger partial charge is 0.490 e. The van der Waals surface area contributed by atoms with Crippen LogP contribution in [0.1, 0.15) is 5.56 Å². The second-order valence-electron chi connectivity index (χ2n) is 3.94. The molecule has 100 valence electrons. The number of ether oxygens (including phenoxy) is 1. The lowest BCUT2D eigenvalue weighted by Gasteiger charge is -2.14. The molecule has 0 saturated heterocycles. The average Bonchev–Trinajstić information content (AvgIpc) is 2.42. The van der Waals surface area contributed by atoms with Gasteiger partial charge in [0.1, 0.15) is 6.33 Å². The fourth-order valence-corrected chi connectivity index (χ4v) is 1.86. The smallest absolute Gasteiger partial charge is 0.204 e. The summed E-state index contributed by atoms with van der Waals surface area (Å²) in [5.41, 5.74) is 1.95. The molecule has 1 aromatic heterocycles. The minimum atomic E-state index is 0.560. The van der Waals surface area contributed by atoms with Crippen molar-refractivity contribution >= 4 is 28.9 Å². The summed E-state index contributed by atoms with van der Waals surface area (Å²) in [5.74, 6) is 1.77. The second kappa shape index (κ2) is 5.75. The number of nitrogens with zero attached hydrogens (tertiary/aromatic N) is 2. The van der Waals surface area contributed by atoms with E-state index < -0.39 is 0 Å². The molecule has 0 fully saturated rings. The molecule has 19 heavy (non-hydrogen) atoms. The quantitative estimate of drug-likeness (QED) is 0.899. The van der Waals surface area contributed by atoms with Crippen molar-refractivity contribution in [2.45, 2.75) is 6.92 Å². The molecular weight excluding hydrogens is 264 g/mol. The zero-order valence-corrected chi connectivity index (χ0v) is 11.7.